The molecular formula is C23H18BN3O4. The van der Waals surface area contributed by atoms with Gasteiger partial charge in [0.1, 0.15) is 7.85 Å². The molecule has 0 saturated carbocycles. The Morgan fingerprint density at radius 2 is 1.48 bits per heavy atom. The maximum Gasteiger partial charge on any atom is 0.269 e. The van der Waals surface area contributed by atoms with Crippen molar-refractivity contribution in [1.82, 2.24) is 4.57 Å². The van der Waals surface area contributed by atoms with E-state index in [9.17, 15) is 20.2 Å². The SMILES string of the molecule is [B]c1ccc2c(c1)c(Cc1ccc([N+](=O)[O-])cc1C)cn2-c1ccc([N+](=O)[O-])cc1C. The Labute approximate surface area is 179 Å². The first-order valence-electron chi connectivity index (χ1n) is 9.63. The van der Waals surface area contributed by atoms with Crippen LogP contribution < -0.4 is 5.46 Å². The first-order valence-corrected chi connectivity index (χ1v) is 9.63. The maximum atomic E-state index is 11.1. The molecule has 152 valence electrons. The molecule has 0 aliphatic rings. The van der Waals surface area contributed by atoms with E-state index in [2.05, 4.69) is 0 Å². The summed E-state index contributed by atoms with van der Waals surface area (Å²) >= 11 is 0. The number of fused-ring (bicyclic) bond motifs is 1. The van der Waals surface area contributed by atoms with Gasteiger partial charge in [-0.3, -0.25) is 20.2 Å². The van der Waals surface area contributed by atoms with Gasteiger partial charge in [0.2, 0.25) is 0 Å². The number of hydrogen-bond donors (Lipinski definition) is 0. The zero-order valence-corrected chi connectivity index (χ0v) is 17.0. The fraction of sp³-hybridized carbons (Fsp3) is 0.130. The van der Waals surface area contributed by atoms with E-state index in [4.69, 9.17) is 7.85 Å². The number of nitro groups is 2. The summed E-state index contributed by atoms with van der Waals surface area (Å²) in [6.45, 7) is 3.70. The van der Waals surface area contributed by atoms with Crippen LogP contribution in [0.25, 0.3) is 16.6 Å². The summed E-state index contributed by atoms with van der Waals surface area (Å²) in [6.07, 6.45) is 2.57. The lowest BCUT2D eigenvalue weighted by atomic mass is 9.93. The van der Waals surface area contributed by atoms with Crippen molar-refractivity contribution in [2.75, 3.05) is 0 Å². The van der Waals surface area contributed by atoms with Crippen LogP contribution in [-0.2, 0) is 6.42 Å². The van der Waals surface area contributed by atoms with E-state index in [1.165, 1.54) is 12.1 Å². The van der Waals surface area contributed by atoms with E-state index < -0.39 is 9.85 Å². The number of non-ortho nitro benzene ring substituents is 2. The quantitative estimate of drug-likeness (QED) is 0.276. The number of aromatic nitrogens is 1. The molecule has 0 bridgehead atoms. The molecule has 0 atom stereocenters. The number of nitrogens with zero attached hydrogens (tertiary/aromatic N) is 3. The molecule has 1 heterocycles. The van der Waals surface area contributed by atoms with E-state index >= 15 is 0 Å². The van der Waals surface area contributed by atoms with E-state index in [1.54, 1.807) is 24.3 Å². The average Bonchev–Trinajstić information content (AvgIpc) is 3.06. The maximum absolute atomic E-state index is 11.1. The molecule has 0 aliphatic heterocycles. The molecule has 3 aromatic carbocycles. The Morgan fingerprint density at radius 1 is 0.839 bits per heavy atom. The van der Waals surface area contributed by atoms with Crippen LogP contribution in [0, 0.1) is 34.1 Å². The van der Waals surface area contributed by atoms with Crippen molar-refractivity contribution in [2.24, 2.45) is 0 Å². The number of rotatable bonds is 5. The van der Waals surface area contributed by atoms with E-state index in [1.807, 2.05) is 42.8 Å². The molecule has 0 saturated heterocycles. The Balaban J connectivity index is 1.84. The van der Waals surface area contributed by atoms with E-state index in [-0.39, 0.29) is 11.4 Å². The molecule has 0 unspecified atom stereocenters. The Bertz CT molecular complexity index is 1360. The first kappa shape index (κ1) is 20.3. The standard InChI is InChI=1S/C23H18BN3O4/c1-14-9-19(26(28)29)5-3-16(14)11-17-13-25(23-7-4-18(24)12-21(17)23)22-8-6-20(27(30)31)10-15(22)2/h3-10,12-13H,11H2,1-2H3. The van der Waals surface area contributed by atoms with Gasteiger partial charge in [-0.15, -0.1) is 0 Å². The summed E-state index contributed by atoms with van der Waals surface area (Å²) in [7, 11) is 6.04. The molecule has 1 aromatic heterocycles. The molecule has 7 nitrogen and oxygen atoms in total. The topological polar surface area (TPSA) is 91.2 Å². The van der Waals surface area contributed by atoms with Crippen molar-refractivity contribution < 1.29 is 9.85 Å². The van der Waals surface area contributed by atoms with Crippen LogP contribution in [0.15, 0.2) is 60.8 Å². The normalized spacial score (nSPS) is 11.0. The fourth-order valence-electron chi connectivity index (χ4n) is 3.88. The van der Waals surface area contributed by atoms with Crippen molar-refractivity contribution >= 4 is 35.6 Å². The van der Waals surface area contributed by atoms with Gasteiger partial charge >= 0.3 is 0 Å². The third kappa shape index (κ3) is 3.80. The van der Waals surface area contributed by atoms with Gasteiger partial charge in [0, 0.05) is 41.5 Å². The number of aryl methyl sites for hydroxylation is 2. The molecule has 0 aliphatic carbocycles. The Hall–Kier alpha value is -3.94. The summed E-state index contributed by atoms with van der Waals surface area (Å²) in [5.74, 6) is 0. The second-order valence-corrected chi connectivity index (χ2v) is 7.57. The highest BCUT2D eigenvalue weighted by Gasteiger charge is 2.16. The molecule has 0 fully saturated rings. The first-order chi connectivity index (χ1) is 14.7. The lowest BCUT2D eigenvalue weighted by Gasteiger charge is -2.09. The van der Waals surface area contributed by atoms with Crippen LogP contribution in [0.5, 0.6) is 0 Å². The fourth-order valence-corrected chi connectivity index (χ4v) is 3.88. The van der Waals surface area contributed by atoms with Gasteiger partial charge in [0.15, 0.2) is 0 Å². The average molecular weight is 411 g/mol. The third-order valence-corrected chi connectivity index (χ3v) is 5.48. The van der Waals surface area contributed by atoms with Gasteiger partial charge in [-0.25, -0.2) is 0 Å². The molecule has 31 heavy (non-hydrogen) atoms. The molecule has 0 N–H and O–H groups in total. The molecule has 4 aromatic rings. The second-order valence-electron chi connectivity index (χ2n) is 7.57. The minimum Gasteiger partial charge on any atom is -0.316 e. The van der Waals surface area contributed by atoms with Gasteiger partial charge < -0.3 is 4.57 Å². The van der Waals surface area contributed by atoms with Gasteiger partial charge in [-0.2, -0.15) is 0 Å². The van der Waals surface area contributed by atoms with Crippen molar-refractivity contribution in [3.8, 4) is 5.69 Å². The van der Waals surface area contributed by atoms with Gasteiger partial charge in [-0.1, -0.05) is 23.7 Å². The van der Waals surface area contributed by atoms with Gasteiger partial charge in [-0.05, 0) is 54.7 Å². The largest absolute Gasteiger partial charge is 0.316 e. The van der Waals surface area contributed by atoms with Crippen molar-refractivity contribution in [3.63, 3.8) is 0 Å². The number of nitro benzene ring substituents is 2. The second kappa shape index (κ2) is 7.72. The molecule has 0 spiro atoms. The minimum absolute atomic E-state index is 0.0451. The predicted molar refractivity (Wildman–Crippen MR) is 121 cm³/mol. The van der Waals surface area contributed by atoms with Crippen molar-refractivity contribution in [1.29, 1.82) is 0 Å². The van der Waals surface area contributed by atoms with Crippen LogP contribution in [0.2, 0.25) is 0 Å². The lowest BCUT2D eigenvalue weighted by Crippen LogP contribution is -2.01. The van der Waals surface area contributed by atoms with Crippen LogP contribution >= 0.6 is 0 Å². The summed E-state index contributed by atoms with van der Waals surface area (Å²) in [6, 6.07) is 15.3. The molecular weight excluding hydrogens is 393 g/mol. The van der Waals surface area contributed by atoms with E-state index in [0.717, 1.165) is 38.8 Å². The summed E-state index contributed by atoms with van der Waals surface area (Å²) in [5.41, 5.74) is 6.12. The molecule has 0 amide bonds. The highest BCUT2D eigenvalue weighted by molar-refractivity contribution is 6.33. The highest BCUT2D eigenvalue weighted by atomic mass is 16.6. The Morgan fingerprint density at radius 3 is 2.10 bits per heavy atom. The van der Waals surface area contributed by atoms with Crippen LogP contribution in [0.3, 0.4) is 0 Å². The molecule has 4 rings (SSSR count). The lowest BCUT2D eigenvalue weighted by molar-refractivity contribution is -0.385. The summed E-state index contributed by atoms with van der Waals surface area (Å²) < 4.78 is 2.00. The Kier molecular flexibility index (Phi) is 5.06. The highest BCUT2D eigenvalue weighted by Crippen LogP contribution is 2.30. The zero-order chi connectivity index (χ0) is 22.3. The predicted octanol–water partition coefficient (Wildman–Crippen LogP) is 4.45. The molecule has 2 radical (unpaired) electrons. The summed E-state index contributed by atoms with van der Waals surface area (Å²) in [5, 5.41) is 23.1. The number of benzene rings is 3. The smallest absolute Gasteiger partial charge is 0.269 e. The third-order valence-electron chi connectivity index (χ3n) is 5.48. The monoisotopic (exact) mass is 411 g/mol. The van der Waals surface area contributed by atoms with Crippen molar-refractivity contribution in [2.45, 2.75) is 20.3 Å². The molecule has 8 heteroatoms. The van der Waals surface area contributed by atoms with Crippen LogP contribution in [0.1, 0.15) is 22.3 Å². The minimum atomic E-state index is -0.409. The van der Waals surface area contributed by atoms with Crippen LogP contribution in [0.4, 0.5) is 11.4 Å². The van der Waals surface area contributed by atoms with Crippen LogP contribution in [-0.4, -0.2) is 22.3 Å². The van der Waals surface area contributed by atoms with E-state index in [0.29, 0.717) is 11.9 Å². The van der Waals surface area contributed by atoms with Gasteiger partial charge in [0.05, 0.1) is 15.4 Å². The van der Waals surface area contributed by atoms with Crippen molar-refractivity contribution in [3.05, 3.63) is 103 Å². The number of hydrogen-bond acceptors (Lipinski definition) is 4. The summed E-state index contributed by atoms with van der Waals surface area (Å²) in [4.78, 5) is 21.3. The zero-order valence-electron chi connectivity index (χ0n) is 17.0. The van der Waals surface area contributed by atoms with Gasteiger partial charge in [0.25, 0.3) is 11.4 Å².